The van der Waals surface area contributed by atoms with E-state index in [4.69, 9.17) is 9.53 Å². The number of halogens is 2. The van der Waals surface area contributed by atoms with Crippen LogP contribution in [0.25, 0.3) is 10.8 Å². The van der Waals surface area contributed by atoms with Crippen LogP contribution in [0.2, 0.25) is 0 Å². The van der Waals surface area contributed by atoms with Gasteiger partial charge in [0.05, 0.1) is 14.2 Å². The first-order valence-corrected chi connectivity index (χ1v) is 7.37. The highest BCUT2D eigenvalue weighted by molar-refractivity contribution is 9.10. The molecule has 0 radical (unpaired) electrons. The number of fused-ring (bicyclic) bond motifs is 1. The molecule has 0 N–H and O–H groups in total. The summed E-state index contributed by atoms with van der Waals surface area (Å²) in [5.41, 5.74) is 1.25. The molecule has 0 heterocycles. The second kappa shape index (κ2) is 8.17. The van der Waals surface area contributed by atoms with Crippen molar-refractivity contribution in [1.29, 1.82) is 0 Å². The molecule has 2 aromatic carbocycles. The summed E-state index contributed by atoms with van der Waals surface area (Å²) < 4.78 is 10.3. The first-order valence-electron chi connectivity index (χ1n) is 5.45. The Labute approximate surface area is 129 Å². The Hall–Kier alpha value is -1.07. The van der Waals surface area contributed by atoms with Crippen molar-refractivity contribution in [3.05, 3.63) is 40.4 Å². The molecule has 0 saturated heterocycles. The van der Waals surface area contributed by atoms with Gasteiger partial charge in [-0.2, -0.15) is 0 Å². The maximum atomic E-state index is 8.95. The van der Waals surface area contributed by atoms with Crippen molar-refractivity contribution in [2.24, 2.45) is 0 Å². The van der Waals surface area contributed by atoms with Crippen molar-refractivity contribution in [3.63, 3.8) is 0 Å². The van der Waals surface area contributed by atoms with Crippen LogP contribution in [0.4, 0.5) is 0 Å². The van der Waals surface area contributed by atoms with E-state index < -0.39 is 0 Å². The molecule has 19 heavy (non-hydrogen) atoms. The maximum Gasteiger partial charge on any atom is 0.292 e. The van der Waals surface area contributed by atoms with Crippen LogP contribution in [0.5, 0.6) is 5.75 Å². The molecule has 3 nitrogen and oxygen atoms in total. The van der Waals surface area contributed by atoms with Crippen molar-refractivity contribution in [3.8, 4) is 5.75 Å². The van der Waals surface area contributed by atoms with Crippen LogP contribution in [-0.2, 0) is 14.9 Å². The molecular formula is C14H14Br2O3. The fraction of sp³-hybridized carbons (Fsp3) is 0.214. The molecule has 0 aliphatic carbocycles. The third-order valence-electron chi connectivity index (χ3n) is 2.46. The van der Waals surface area contributed by atoms with Crippen LogP contribution in [0, 0.1) is 0 Å². The number of carbonyl (C=O) groups excluding carboxylic acids is 1. The van der Waals surface area contributed by atoms with E-state index in [2.05, 4.69) is 54.8 Å². The molecule has 0 aliphatic rings. The zero-order chi connectivity index (χ0) is 14.3. The highest BCUT2D eigenvalue weighted by Crippen LogP contribution is 2.32. The highest BCUT2D eigenvalue weighted by Gasteiger charge is 2.05. The summed E-state index contributed by atoms with van der Waals surface area (Å²) in [6.07, 6.45) is 0. The van der Waals surface area contributed by atoms with Gasteiger partial charge in [-0.25, -0.2) is 0 Å². The van der Waals surface area contributed by atoms with Gasteiger partial charge in [0.2, 0.25) is 0 Å². The Morgan fingerprint density at radius 3 is 2.37 bits per heavy atom. The van der Waals surface area contributed by atoms with E-state index in [0.29, 0.717) is 6.47 Å². The lowest BCUT2D eigenvalue weighted by molar-refractivity contribution is -0.126. The number of benzene rings is 2. The summed E-state index contributed by atoms with van der Waals surface area (Å²) in [5, 5.41) is 3.18. The lowest BCUT2D eigenvalue weighted by Gasteiger charge is -2.08. The summed E-state index contributed by atoms with van der Waals surface area (Å²) in [7, 11) is 3.01. The molecule has 0 fully saturated rings. The molecule has 0 aromatic heterocycles. The Kier molecular flexibility index (Phi) is 6.87. The number of rotatable bonds is 3. The number of hydrogen-bond donors (Lipinski definition) is 0. The van der Waals surface area contributed by atoms with Crippen LogP contribution in [0.3, 0.4) is 0 Å². The number of alkyl halides is 1. The summed E-state index contributed by atoms with van der Waals surface area (Å²) in [6, 6.07) is 10.4. The van der Waals surface area contributed by atoms with Gasteiger partial charge in [0.25, 0.3) is 6.47 Å². The van der Waals surface area contributed by atoms with Crippen molar-refractivity contribution in [2.45, 2.75) is 5.33 Å². The summed E-state index contributed by atoms with van der Waals surface area (Å²) in [4.78, 5) is 8.95. The molecule has 0 aliphatic heterocycles. The van der Waals surface area contributed by atoms with Crippen molar-refractivity contribution < 1.29 is 14.3 Å². The van der Waals surface area contributed by atoms with Gasteiger partial charge in [-0.1, -0.05) is 44.0 Å². The third kappa shape index (κ3) is 4.21. The monoisotopic (exact) mass is 388 g/mol. The average Bonchev–Trinajstić information content (AvgIpc) is 2.47. The van der Waals surface area contributed by atoms with E-state index >= 15 is 0 Å². The SMILES string of the molecule is COC=O.COc1ccc(Br)c2ccc(CBr)cc12. The zero-order valence-electron chi connectivity index (χ0n) is 10.7. The van der Waals surface area contributed by atoms with Crippen LogP contribution in [-0.4, -0.2) is 20.7 Å². The van der Waals surface area contributed by atoms with E-state index in [1.165, 1.54) is 18.1 Å². The average molecular weight is 390 g/mol. The third-order valence-corrected chi connectivity index (χ3v) is 3.80. The second-order valence-corrected chi connectivity index (χ2v) is 5.01. The van der Waals surface area contributed by atoms with E-state index in [1.54, 1.807) is 7.11 Å². The molecule has 0 atom stereocenters. The van der Waals surface area contributed by atoms with Gasteiger partial charge < -0.3 is 9.47 Å². The predicted molar refractivity (Wildman–Crippen MR) is 83.9 cm³/mol. The molecule has 2 rings (SSSR count). The quantitative estimate of drug-likeness (QED) is 0.580. The molecule has 0 spiro atoms. The minimum Gasteiger partial charge on any atom is -0.496 e. The predicted octanol–water partition coefficient (Wildman–Crippen LogP) is 4.30. The molecule has 102 valence electrons. The lowest BCUT2D eigenvalue weighted by Crippen LogP contribution is -1.87. The minimum absolute atomic E-state index is 0.375. The fourth-order valence-electron chi connectivity index (χ4n) is 1.59. The number of ether oxygens (including phenoxy) is 2. The molecule has 0 bridgehead atoms. The Morgan fingerprint density at radius 1 is 1.16 bits per heavy atom. The van der Waals surface area contributed by atoms with Crippen molar-refractivity contribution >= 4 is 49.1 Å². The van der Waals surface area contributed by atoms with E-state index in [9.17, 15) is 0 Å². The number of hydrogen-bond acceptors (Lipinski definition) is 3. The molecular weight excluding hydrogens is 376 g/mol. The first-order chi connectivity index (χ1) is 9.17. The van der Waals surface area contributed by atoms with Gasteiger partial charge >= 0.3 is 0 Å². The molecule has 0 unspecified atom stereocenters. The second-order valence-electron chi connectivity index (χ2n) is 3.60. The number of carbonyl (C=O) groups is 1. The lowest BCUT2D eigenvalue weighted by atomic mass is 10.1. The highest BCUT2D eigenvalue weighted by atomic mass is 79.9. The Morgan fingerprint density at radius 2 is 1.84 bits per heavy atom. The van der Waals surface area contributed by atoms with Gasteiger partial charge in [0.1, 0.15) is 5.75 Å². The summed E-state index contributed by atoms with van der Waals surface area (Å²) >= 11 is 7.00. The smallest absolute Gasteiger partial charge is 0.292 e. The van der Waals surface area contributed by atoms with Gasteiger partial charge in [-0.3, -0.25) is 4.79 Å². The molecule has 0 saturated carbocycles. The van der Waals surface area contributed by atoms with Gasteiger partial charge in [0.15, 0.2) is 0 Å². The minimum atomic E-state index is 0.375. The normalized spacial score (nSPS) is 9.47. The van der Waals surface area contributed by atoms with Gasteiger partial charge in [-0.05, 0) is 29.1 Å². The zero-order valence-corrected chi connectivity index (χ0v) is 13.8. The van der Waals surface area contributed by atoms with E-state index in [0.717, 1.165) is 20.9 Å². The van der Waals surface area contributed by atoms with Crippen molar-refractivity contribution in [1.82, 2.24) is 0 Å². The summed E-state index contributed by atoms with van der Waals surface area (Å²) in [6.45, 7) is 0.375. The topological polar surface area (TPSA) is 35.5 Å². The first kappa shape index (κ1) is 16.0. The van der Waals surface area contributed by atoms with Crippen LogP contribution >= 0.6 is 31.9 Å². The Bertz CT molecular complexity index is 556. The standard InChI is InChI=1S/C12H10Br2O.C2H4O2/c1-15-12-5-4-11(14)9-3-2-8(7-13)6-10(9)12;1-4-2-3/h2-6H,7H2,1H3;2H,1H3. The molecule has 0 amide bonds. The van der Waals surface area contributed by atoms with Gasteiger partial charge in [-0.15, -0.1) is 0 Å². The number of methoxy groups -OCH3 is 2. The molecule has 2 aromatic rings. The summed E-state index contributed by atoms with van der Waals surface area (Å²) in [5.74, 6) is 0.913. The van der Waals surface area contributed by atoms with Crippen LogP contribution < -0.4 is 4.74 Å². The van der Waals surface area contributed by atoms with E-state index in [1.807, 2.05) is 12.1 Å². The Balaban J connectivity index is 0.000000399. The van der Waals surface area contributed by atoms with Crippen molar-refractivity contribution in [2.75, 3.05) is 14.2 Å². The van der Waals surface area contributed by atoms with E-state index in [-0.39, 0.29) is 0 Å². The van der Waals surface area contributed by atoms with Gasteiger partial charge in [0, 0.05) is 15.2 Å². The largest absolute Gasteiger partial charge is 0.496 e. The molecule has 5 heteroatoms. The van der Waals surface area contributed by atoms with Crippen LogP contribution in [0.1, 0.15) is 5.56 Å². The maximum absolute atomic E-state index is 8.95. The van der Waals surface area contributed by atoms with Crippen LogP contribution in [0.15, 0.2) is 34.8 Å². The fourth-order valence-corrected chi connectivity index (χ4v) is 2.42.